The van der Waals surface area contributed by atoms with Crippen LogP contribution in [0.3, 0.4) is 0 Å². The standard InChI is InChI=1S/C13H28N2O2S/c1-4-8-15-13(3,12(14)17)7-5-6-9-18-11(2)10-16/h11,15-16H,4-10H2,1-3H3,(H2,14,17). The molecule has 2 unspecified atom stereocenters. The van der Waals surface area contributed by atoms with Gasteiger partial charge in [-0.2, -0.15) is 11.8 Å². The van der Waals surface area contributed by atoms with Gasteiger partial charge in [0.1, 0.15) is 0 Å². The normalized spacial score (nSPS) is 16.2. The third-order valence-electron chi connectivity index (χ3n) is 3.04. The second-order valence-electron chi connectivity index (χ2n) is 4.94. The molecule has 4 N–H and O–H groups in total. The summed E-state index contributed by atoms with van der Waals surface area (Å²) in [4.78, 5) is 11.5. The number of nitrogens with one attached hydrogen (secondary N) is 1. The average Bonchev–Trinajstić information content (AvgIpc) is 2.35. The maximum Gasteiger partial charge on any atom is 0.237 e. The van der Waals surface area contributed by atoms with Crippen molar-refractivity contribution in [3.8, 4) is 0 Å². The molecule has 1 amide bonds. The highest BCUT2D eigenvalue weighted by molar-refractivity contribution is 7.99. The summed E-state index contributed by atoms with van der Waals surface area (Å²) in [6, 6.07) is 0. The number of carbonyl (C=O) groups excluding carboxylic acids is 1. The fourth-order valence-corrected chi connectivity index (χ4v) is 2.50. The monoisotopic (exact) mass is 276 g/mol. The minimum atomic E-state index is -0.580. The third kappa shape index (κ3) is 7.24. The molecule has 0 rings (SSSR count). The van der Waals surface area contributed by atoms with E-state index in [1.165, 1.54) is 0 Å². The largest absolute Gasteiger partial charge is 0.395 e. The zero-order chi connectivity index (χ0) is 14.0. The molecule has 0 radical (unpaired) electrons. The molecule has 108 valence electrons. The molecular weight excluding hydrogens is 248 g/mol. The molecule has 0 bridgehead atoms. The van der Waals surface area contributed by atoms with E-state index in [2.05, 4.69) is 12.2 Å². The molecule has 18 heavy (non-hydrogen) atoms. The van der Waals surface area contributed by atoms with Crippen molar-refractivity contribution in [3.63, 3.8) is 0 Å². The fourth-order valence-electron chi connectivity index (χ4n) is 1.62. The van der Waals surface area contributed by atoms with Crippen molar-refractivity contribution in [1.29, 1.82) is 0 Å². The van der Waals surface area contributed by atoms with Gasteiger partial charge >= 0.3 is 0 Å². The molecular formula is C13H28N2O2S. The lowest BCUT2D eigenvalue weighted by Crippen LogP contribution is -2.53. The Hall–Kier alpha value is -0.260. The second kappa shape index (κ2) is 9.64. The number of rotatable bonds is 11. The summed E-state index contributed by atoms with van der Waals surface area (Å²) in [6.45, 7) is 7.01. The van der Waals surface area contributed by atoms with Gasteiger partial charge in [-0.3, -0.25) is 4.79 Å². The summed E-state index contributed by atoms with van der Waals surface area (Å²) in [5.41, 5.74) is 4.88. The molecule has 0 fully saturated rings. The van der Waals surface area contributed by atoms with E-state index in [-0.39, 0.29) is 12.5 Å². The summed E-state index contributed by atoms with van der Waals surface area (Å²) in [6.07, 6.45) is 3.79. The topological polar surface area (TPSA) is 75.3 Å². The van der Waals surface area contributed by atoms with E-state index in [1.54, 1.807) is 11.8 Å². The van der Waals surface area contributed by atoms with Crippen molar-refractivity contribution in [2.75, 3.05) is 18.9 Å². The molecule has 0 spiro atoms. The van der Waals surface area contributed by atoms with Gasteiger partial charge in [0, 0.05) is 5.25 Å². The number of unbranched alkanes of at least 4 members (excludes halogenated alkanes) is 1. The van der Waals surface area contributed by atoms with Crippen LogP contribution in [-0.2, 0) is 4.79 Å². The number of thioether (sulfide) groups is 1. The van der Waals surface area contributed by atoms with Gasteiger partial charge in [-0.05, 0) is 38.5 Å². The summed E-state index contributed by atoms with van der Waals surface area (Å²) in [7, 11) is 0. The second-order valence-corrected chi connectivity index (χ2v) is 6.49. The Morgan fingerprint density at radius 1 is 1.50 bits per heavy atom. The van der Waals surface area contributed by atoms with Crippen LogP contribution < -0.4 is 11.1 Å². The lowest BCUT2D eigenvalue weighted by molar-refractivity contribution is -0.124. The Morgan fingerprint density at radius 3 is 2.67 bits per heavy atom. The van der Waals surface area contributed by atoms with E-state index in [0.717, 1.165) is 38.0 Å². The number of nitrogens with two attached hydrogens (primary N) is 1. The summed E-state index contributed by atoms with van der Waals surface area (Å²) >= 11 is 1.77. The molecule has 0 heterocycles. The van der Waals surface area contributed by atoms with Gasteiger partial charge < -0.3 is 16.2 Å². The quantitative estimate of drug-likeness (QED) is 0.500. The van der Waals surface area contributed by atoms with Crippen LogP contribution in [0.1, 0.15) is 46.5 Å². The van der Waals surface area contributed by atoms with E-state index in [4.69, 9.17) is 10.8 Å². The lowest BCUT2D eigenvalue weighted by Gasteiger charge is -2.27. The van der Waals surface area contributed by atoms with Crippen molar-refractivity contribution < 1.29 is 9.90 Å². The highest BCUT2D eigenvalue weighted by atomic mass is 32.2. The molecule has 0 saturated heterocycles. The molecule has 0 saturated carbocycles. The van der Waals surface area contributed by atoms with Crippen LogP contribution in [-0.4, -0.2) is 40.7 Å². The predicted octanol–water partition coefficient (Wildman–Crippen LogP) is 1.51. The molecule has 0 aliphatic rings. The van der Waals surface area contributed by atoms with Crippen molar-refractivity contribution in [1.82, 2.24) is 5.32 Å². The number of hydrogen-bond acceptors (Lipinski definition) is 4. The maximum absolute atomic E-state index is 11.5. The highest BCUT2D eigenvalue weighted by Crippen LogP contribution is 2.17. The van der Waals surface area contributed by atoms with E-state index in [0.29, 0.717) is 5.25 Å². The minimum Gasteiger partial charge on any atom is -0.395 e. The fraction of sp³-hybridized carbons (Fsp3) is 0.923. The zero-order valence-electron chi connectivity index (χ0n) is 11.9. The van der Waals surface area contributed by atoms with Gasteiger partial charge in [0.15, 0.2) is 0 Å². The molecule has 0 aromatic carbocycles. The Morgan fingerprint density at radius 2 is 2.17 bits per heavy atom. The number of aliphatic hydroxyl groups excluding tert-OH is 1. The maximum atomic E-state index is 11.5. The van der Waals surface area contributed by atoms with Crippen LogP contribution in [0.4, 0.5) is 0 Å². The molecule has 4 nitrogen and oxygen atoms in total. The Bertz CT molecular complexity index is 239. The molecule has 0 aromatic heterocycles. The smallest absolute Gasteiger partial charge is 0.237 e. The van der Waals surface area contributed by atoms with Crippen molar-refractivity contribution >= 4 is 17.7 Å². The summed E-state index contributed by atoms with van der Waals surface area (Å²) in [5.74, 6) is 0.747. The first-order valence-corrected chi connectivity index (χ1v) is 7.78. The molecule has 0 aliphatic carbocycles. The van der Waals surface area contributed by atoms with E-state index < -0.39 is 5.54 Å². The number of hydrogen-bond donors (Lipinski definition) is 3. The SMILES string of the molecule is CCCNC(C)(CCCCSC(C)CO)C(N)=O. The molecule has 0 aromatic rings. The van der Waals surface area contributed by atoms with Crippen LogP contribution in [0.25, 0.3) is 0 Å². The van der Waals surface area contributed by atoms with E-state index in [1.807, 2.05) is 13.8 Å². The van der Waals surface area contributed by atoms with Crippen LogP contribution in [0.5, 0.6) is 0 Å². The first-order chi connectivity index (χ1) is 8.46. The average molecular weight is 276 g/mol. The molecule has 2 atom stereocenters. The number of carbonyl (C=O) groups is 1. The van der Waals surface area contributed by atoms with Crippen LogP contribution >= 0.6 is 11.8 Å². The van der Waals surface area contributed by atoms with Gasteiger partial charge in [-0.15, -0.1) is 0 Å². The summed E-state index contributed by atoms with van der Waals surface area (Å²) in [5, 5.41) is 12.4. The van der Waals surface area contributed by atoms with Crippen LogP contribution in [0, 0.1) is 0 Å². The zero-order valence-corrected chi connectivity index (χ0v) is 12.7. The summed E-state index contributed by atoms with van der Waals surface area (Å²) < 4.78 is 0. The Kier molecular flexibility index (Phi) is 9.50. The van der Waals surface area contributed by atoms with Gasteiger partial charge in [-0.1, -0.05) is 20.3 Å². The predicted molar refractivity (Wildman–Crippen MR) is 78.7 cm³/mol. The van der Waals surface area contributed by atoms with Crippen LogP contribution in [0.2, 0.25) is 0 Å². The van der Waals surface area contributed by atoms with Crippen molar-refractivity contribution in [2.24, 2.45) is 5.73 Å². The van der Waals surface area contributed by atoms with Gasteiger partial charge in [-0.25, -0.2) is 0 Å². The highest BCUT2D eigenvalue weighted by Gasteiger charge is 2.29. The van der Waals surface area contributed by atoms with Crippen molar-refractivity contribution in [3.05, 3.63) is 0 Å². The minimum absolute atomic E-state index is 0.224. The van der Waals surface area contributed by atoms with Gasteiger partial charge in [0.05, 0.1) is 12.1 Å². The van der Waals surface area contributed by atoms with Crippen molar-refractivity contribution in [2.45, 2.75) is 57.2 Å². The first-order valence-electron chi connectivity index (χ1n) is 6.73. The van der Waals surface area contributed by atoms with Gasteiger partial charge in [0.25, 0.3) is 0 Å². The Balaban J connectivity index is 3.87. The molecule has 5 heteroatoms. The molecule has 0 aliphatic heterocycles. The van der Waals surface area contributed by atoms with E-state index >= 15 is 0 Å². The van der Waals surface area contributed by atoms with Gasteiger partial charge in [0.2, 0.25) is 5.91 Å². The first kappa shape index (κ1) is 17.7. The van der Waals surface area contributed by atoms with Crippen LogP contribution in [0.15, 0.2) is 0 Å². The number of amides is 1. The number of primary amides is 1. The Labute approximate surface area is 115 Å². The lowest BCUT2D eigenvalue weighted by atomic mass is 9.94. The number of aliphatic hydroxyl groups is 1. The van der Waals surface area contributed by atoms with E-state index in [9.17, 15) is 4.79 Å². The third-order valence-corrected chi connectivity index (χ3v) is 4.28.